The Hall–Kier alpha value is -0.680. The topological polar surface area (TPSA) is 47.0 Å². The lowest BCUT2D eigenvalue weighted by Gasteiger charge is -2.27. The third kappa shape index (κ3) is 1.56. The van der Waals surface area contributed by atoms with Crippen LogP contribution in [0.4, 0.5) is 0 Å². The number of hydrogen-bond acceptors (Lipinski definition) is 4. The molecule has 2 heterocycles. The van der Waals surface area contributed by atoms with Crippen molar-refractivity contribution in [1.82, 2.24) is 15.3 Å². The van der Waals surface area contributed by atoms with E-state index in [-0.39, 0.29) is 6.10 Å². The van der Waals surface area contributed by atoms with Crippen LogP contribution in [0, 0.1) is 0 Å². The zero-order valence-corrected chi connectivity index (χ0v) is 7.91. The highest BCUT2D eigenvalue weighted by Crippen LogP contribution is 2.21. The quantitative estimate of drug-likeness (QED) is 0.807. The number of aromatic nitrogens is 2. The first-order valence-corrected chi connectivity index (χ1v) is 4.48. The van der Waals surface area contributed by atoms with Gasteiger partial charge in [-0.05, 0) is 15.9 Å². The van der Waals surface area contributed by atoms with Gasteiger partial charge in [0, 0.05) is 19.3 Å². The van der Waals surface area contributed by atoms with Gasteiger partial charge in [0.2, 0.25) is 5.88 Å². The van der Waals surface area contributed by atoms with Gasteiger partial charge in [0.15, 0.2) is 0 Å². The molecular formula is C7H8BrN3O. The van der Waals surface area contributed by atoms with E-state index in [1.165, 1.54) is 6.33 Å². The van der Waals surface area contributed by atoms with Crippen LogP contribution in [-0.4, -0.2) is 29.2 Å². The Morgan fingerprint density at radius 2 is 2.42 bits per heavy atom. The van der Waals surface area contributed by atoms with Gasteiger partial charge in [-0.1, -0.05) is 0 Å². The molecule has 0 aliphatic carbocycles. The molecule has 64 valence electrons. The van der Waals surface area contributed by atoms with Crippen molar-refractivity contribution in [2.45, 2.75) is 6.10 Å². The molecular weight excluding hydrogens is 222 g/mol. The summed E-state index contributed by atoms with van der Waals surface area (Å²) in [4.78, 5) is 7.83. The zero-order chi connectivity index (χ0) is 8.39. The normalized spacial score (nSPS) is 17.1. The highest BCUT2D eigenvalue weighted by atomic mass is 79.9. The molecule has 1 aromatic heterocycles. The van der Waals surface area contributed by atoms with Gasteiger partial charge in [0.1, 0.15) is 12.4 Å². The highest BCUT2D eigenvalue weighted by molar-refractivity contribution is 9.10. The predicted octanol–water partition coefficient (Wildman–Crippen LogP) is 0.590. The Kier molecular flexibility index (Phi) is 2.23. The molecule has 0 saturated carbocycles. The number of ether oxygens (including phenoxy) is 1. The molecule has 1 aliphatic heterocycles. The summed E-state index contributed by atoms with van der Waals surface area (Å²) in [5.41, 5.74) is 0. The maximum atomic E-state index is 5.52. The van der Waals surface area contributed by atoms with E-state index >= 15 is 0 Å². The molecule has 0 amide bonds. The second-order valence-corrected chi connectivity index (χ2v) is 3.43. The largest absolute Gasteiger partial charge is 0.471 e. The van der Waals surface area contributed by atoms with Crippen LogP contribution in [0.2, 0.25) is 0 Å². The van der Waals surface area contributed by atoms with Gasteiger partial charge in [0.25, 0.3) is 0 Å². The van der Waals surface area contributed by atoms with E-state index in [9.17, 15) is 0 Å². The predicted molar refractivity (Wildman–Crippen MR) is 47.0 cm³/mol. The van der Waals surface area contributed by atoms with Gasteiger partial charge in [-0.2, -0.15) is 0 Å². The summed E-state index contributed by atoms with van der Waals surface area (Å²) in [5, 5.41) is 3.12. The third-order valence-electron chi connectivity index (χ3n) is 1.66. The average Bonchev–Trinajstić information content (AvgIpc) is 2.00. The minimum atomic E-state index is 0.260. The molecule has 0 radical (unpaired) electrons. The summed E-state index contributed by atoms with van der Waals surface area (Å²) < 4.78 is 6.32. The molecule has 0 spiro atoms. The van der Waals surface area contributed by atoms with Gasteiger partial charge in [-0.3, -0.25) is 0 Å². The number of hydrogen-bond donors (Lipinski definition) is 1. The molecule has 1 saturated heterocycles. The fraction of sp³-hybridized carbons (Fsp3) is 0.429. The molecule has 1 aliphatic rings. The molecule has 0 unspecified atom stereocenters. The van der Waals surface area contributed by atoms with Crippen molar-refractivity contribution in [3.8, 4) is 5.88 Å². The molecule has 0 aromatic carbocycles. The lowest BCUT2D eigenvalue weighted by molar-refractivity contribution is 0.135. The van der Waals surface area contributed by atoms with Crippen LogP contribution in [0.3, 0.4) is 0 Å². The smallest absolute Gasteiger partial charge is 0.231 e. The van der Waals surface area contributed by atoms with Gasteiger partial charge >= 0.3 is 0 Å². The van der Waals surface area contributed by atoms with Crippen LogP contribution in [0.25, 0.3) is 0 Å². The Balaban J connectivity index is 2.06. The van der Waals surface area contributed by atoms with E-state index in [4.69, 9.17) is 4.74 Å². The molecule has 12 heavy (non-hydrogen) atoms. The molecule has 4 nitrogen and oxygen atoms in total. The molecule has 1 aromatic rings. The van der Waals surface area contributed by atoms with E-state index in [0.29, 0.717) is 5.88 Å². The SMILES string of the molecule is Brc1cncnc1OC1CNC1. The van der Waals surface area contributed by atoms with Crippen molar-refractivity contribution >= 4 is 15.9 Å². The molecule has 1 fully saturated rings. The molecule has 1 N–H and O–H groups in total. The minimum Gasteiger partial charge on any atom is -0.471 e. The minimum absolute atomic E-state index is 0.260. The second-order valence-electron chi connectivity index (χ2n) is 2.57. The van der Waals surface area contributed by atoms with Crippen molar-refractivity contribution in [3.63, 3.8) is 0 Å². The van der Waals surface area contributed by atoms with E-state index in [0.717, 1.165) is 17.6 Å². The van der Waals surface area contributed by atoms with E-state index < -0.39 is 0 Å². The summed E-state index contributed by atoms with van der Waals surface area (Å²) in [7, 11) is 0. The van der Waals surface area contributed by atoms with Crippen molar-refractivity contribution in [3.05, 3.63) is 17.0 Å². The van der Waals surface area contributed by atoms with Crippen LogP contribution in [0.15, 0.2) is 17.0 Å². The second kappa shape index (κ2) is 3.37. The first-order valence-electron chi connectivity index (χ1n) is 3.69. The molecule has 0 bridgehead atoms. The average molecular weight is 230 g/mol. The molecule has 5 heteroatoms. The van der Waals surface area contributed by atoms with Crippen molar-refractivity contribution in [2.24, 2.45) is 0 Å². The lowest BCUT2D eigenvalue weighted by atomic mass is 10.2. The lowest BCUT2D eigenvalue weighted by Crippen LogP contribution is -2.50. The summed E-state index contributed by atoms with van der Waals surface area (Å²) in [6, 6.07) is 0. The van der Waals surface area contributed by atoms with E-state index in [2.05, 4.69) is 31.2 Å². The summed E-state index contributed by atoms with van der Waals surface area (Å²) >= 11 is 3.31. The summed E-state index contributed by atoms with van der Waals surface area (Å²) in [6.07, 6.45) is 3.41. The van der Waals surface area contributed by atoms with Gasteiger partial charge in [0.05, 0.1) is 4.47 Å². The Labute approximate surface area is 78.5 Å². The van der Waals surface area contributed by atoms with Crippen molar-refractivity contribution in [1.29, 1.82) is 0 Å². The molecule has 0 atom stereocenters. The zero-order valence-electron chi connectivity index (χ0n) is 6.33. The van der Waals surface area contributed by atoms with Crippen LogP contribution >= 0.6 is 15.9 Å². The number of halogens is 1. The maximum absolute atomic E-state index is 5.52. The maximum Gasteiger partial charge on any atom is 0.231 e. The number of nitrogens with zero attached hydrogens (tertiary/aromatic N) is 2. The van der Waals surface area contributed by atoms with Gasteiger partial charge < -0.3 is 10.1 Å². The van der Waals surface area contributed by atoms with E-state index in [1.807, 2.05) is 0 Å². The summed E-state index contributed by atoms with van der Waals surface area (Å²) in [5.74, 6) is 0.622. The fourth-order valence-electron chi connectivity index (χ4n) is 0.892. The van der Waals surface area contributed by atoms with Crippen LogP contribution in [-0.2, 0) is 0 Å². The first-order chi connectivity index (χ1) is 5.86. The van der Waals surface area contributed by atoms with Crippen LogP contribution in [0.1, 0.15) is 0 Å². The Morgan fingerprint density at radius 3 is 3.00 bits per heavy atom. The fourth-order valence-corrected chi connectivity index (χ4v) is 1.21. The standard InChI is InChI=1S/C7H8BrN3O/c8-6-3-10-4-11-7(6)12-5-1-9-2-5/h3-5,9H,1-2H2. The van der Waals surface area contributed by atoms with Gasteiger partial charge in [-0.25, -0.2) is 9.97 Å². The van der Waals surface area contributed by atoms with Crippen LogP contribution < -0.4 is 10.1 Å². The Bertz CT molecular complexity index is 277. The van der Waals surface area contributed by atoms with E-state index in [1.54, 1.807) is 6.20 Å². The van der Waals surface area contributed by atoms with Crippen molar-refractivity contribution in [2.75, 3.05) is 13.1 Å². The monoisotopic (exact) mass is 229 g/mol. The highest BCUT2D eigenvalue weighted by Gasteiger charge is 2.19. The van der Waals surface area contributed by atoms with Crippen LogP contribution in [0.5, 0.6) is 5.88 Å². The van der Waals surface area contributed by atoms with Crippen molar-refractivity contribution < 1.29 is 4.74 Å². The molecule has 2 rings (SSSR count). The number of rotatable bonds is 2. The Morgan fingerprint density at radius 1 is 1.58 bits per heavy atom. The number of nitrogens with one attached hydrogen (secondary N) is 1. The third-order valence-corrected chi connectivity index (χ3v) is 2.20. The van der Waals surface area contributed by atoms with Gasteiger partial charge in [-0.15, -0.1) is 0 Å². The first kappa shape index (κ1) is 7.94. The summed E-state index contributed by atoms with van der Waals surface area (Å²) in [6.45, 7) is 1.80.